The van der Waals surface area contributed by atoms with Crippen molar-refractivity contribution in [2.75, 3.05) is 13.2 Å². The lowest BCUT2D eigenvalue weighted by atomic mass is 9.99. The molecule has 1 aliphatic rings. The maximum Gasteiger partial charge on any atom is 0.220 e. The lowest BCUT2D eigenvalue weighted by molar-refractivity contribution is -0.302. The van der Waals surface area contributed by atoms with Crippen LogP contribution in [-0.4, -0.2) is 87.5 Å². The number of aliphatic hydroxyl groups is 5. The number of carbonyl (C=O) groups excluding carboxylic acids is 1. The van der Waals surface area contributed by atoms with Gasteiger partial charge in [0.15, 0.2) is 6.29 Å². The number of nitrogens with one attached hydrogen (secondary N) is 1. The second-order valence-corrected chi connectivity index (χ2v) is 22.2. The molecule has 0 saturated carbocycles. The third kappa shape index (κ3) is 44.4. The van der Waals surface area contributed by atoms with Gasteiger partial charge in [-0.05, 0) is 77.0 Å². The molecule has 7 unspecified atom stereocenters. The lowest BCUT2D eigenvalue weighted by Crippen LogP contribution is -2.60. The van der Waals surface area contributed by atoms with Gasteiger partial charge in [0.25, 0.3) is 0 Å². The summed E-state index contributed by atoms with van der Waals surface area (Å²) < 4.78 is 11.3. The number of allylic oxidation sites excluding steroid dienone is 9. The van der Waals surface area contributed by atoms with Crippen molar-refractivity contribution in [2.24, 2.45) is 0 Å². The molecule has 0 aromatic carbocycles. The molecular weight excluding hydrogens is 935 g/mol. The summed E-state index contributed by atoms with van der Waals surface area (Å²) in [5.74, 6) is -0.189. The van der Waals surface area contributed by atoms with E-state index in [1.807, 2.05) is 6.08 Å². The van der Waals surface area contributed by atoms with Crippen molar-refractivity contribution in [3.05, 3.63) is 60.8 Å². The van der Waals surface area contributed by atoms with Gasteiger partial charge in [0.05, 0.1) is 25.4 Å². The predicted octanol–water partition coefficient (Wildman–Crippen LogP) is 16.6. The molecule has 0 spiro atoms. The fraction of sp³-hybridized carbons (Fsp3) is 0.833. The highest BCUT2D eigenvalue weighted by Gasteiger charge is 2.44. The molecule has 0 radical (unpaired) electrons. The van der Waals surface area contributed by atoms with E-state index in [0.29, 0.717) is 6.42 Å². The first kappa shape index (κ1) is 70.9. The number of aliphatic hydroxyl groups excluding tert-OH is 5. The van der Waals surface area contributed by atoms with Crippen LogP contribution in [0.5, 0.6) is 0 Å². The summed E-state index contributed by atoms with van der Waals surface area (Å²) in [5.41, 5.74) is 0. The van der Waals surface area contributed by atoms with Gasteiger partial charge in [0.2, 0.25) is 5.91 Å². The van der Waals surface area contributed by atoms with Crippen LogP contribution in [0.25, 0.3) is 0 Å². The van der Waals surface area contributed by atoms with Crippen LogP contribution in [0.1, 0.15) is 296 Å². The van der Waals surface area contributed by atoms with Crippen molar-refractivity contribution in [1.82, 2.24) is 5.32 Å². The average molecular weight is 1060 g/mol. The minimum Gasteiger partial charge on any atom is -0.394 e. The number of rotatable bonds is 55. The van der Waals surface area contributed by atoms with Gasteiger partial charge < -0.3 is 40.3 Å². The summed E-state index contributed by atoms with van der Waals surface area (Å²) in [4.78, 5) is 13.1. The van der Waals surface area contributed by atoms with Crippen LogP contribution in [0.2, 0.25) is 0 Å². The van der Waals surface area contributed by atoms with E-state index in [4.69, 9.17) is 9.47 Å². The summed E-state index contributed by atoms with van der Waals surface area (Å²) in [6.07, 6.45) is 68.9. The van der Waals surface area contributed by atoms with Gasteiger partial charge in [0, 0.05) is 6.42 Å². The summed E-state index contributed by atoms with van der Waals surface area (Å²) in [6.45, 7) is 3.77. The van der Waals surface area contributed by atoms with Crippen molar-refractivity contribution in [2.45, 2.75) is 339 Å². The van der Waals surface area contributed by atoms with E-state index in [1.165, 1.54) is 218 Å². The molecule has 75 heavy (non-hydrogen) atoms. The van der Waals surface area contributed by atoms with Crippen LogP contribution < -0.4 is 5.32 Å². The summed E-state index contributed by atoms with van der Waals surface area (Å²) in [6, 6.07) is -0.830. The van der Waals surface area contributed by atoms with Crippen LogP contribution in [-0.2, 0) is 14.3 Å². The van der Waals surface area contributed by atoms with Crippen molar-refractivity contribution in [3.8, 4) is 0 Å². The quantitative estimate of drug-likeness (QED) is 0.0261. The molecule has 9 nitrogen and oxygen atoms in total. The smallest absolute Gasteiger partial charge is 0.220 e. The zero-order valence-corrected chi connectivity index (χ0v) is 48.8. The van der Waals surface area contributed by atoms with Gasteiger partial charge >= 0.3 is 0 Å². The molecule has 0 aliphatic carbocycles. The number of carbonyl (C=O) groups is 1. The van der Waals surface area contributed by atoms with Gasteiger partial charge in [-0.15, -0.1) is 0 Å². The Morgan fingerprint density at radius 2 is 0.800 bits per heavy atom. The minimum atomic E-state index is -1.58. The Morgan fingerprint density at radius 3 is 1.20 bits per heavy atom. The highest BCUT2D eigenvalue weighted by Crippen LogP contribution is 2.23. The number of hydrogen-bond acceptors (Lipinski definition) is 8. The third-order valence-corrected chi connectivity index (χ3v) is 15.0. The Labute approximate surface area is 462 Å². The Hall–Kier alpha value is -2.11. The van der Waals surface area contributed by atoms with Crippen LogP contribution in [0.4, 0.5) is 0 Å². The summed E-state index contributed by atoms with van der Waals surface area (Å²) >= 11 is 0. The van der Waals surface area contributed by atoms with E-state index in [1.54, 1.807) is 6.08 Å². The Bertz CT molecular complexity index is 1360. The van der Waals surface area contributed by atoms with Gasteiger partial charge in [-0.2, -0.15) is 0 Å². The van der Waals surface area contributed by atoms with Crippen LogP contribution in [0.15, 0.2) is 60.8 Å². The van der Waals surface area contributed by atoms with Gasteiger partial charge in [-0.3, -0.25) is 4.79 Å². The molecule has 0 aromatic rings. The molecule has 1 fully saturated rings. The maximum atomic E-state index is 13.1. The second-order valence-electron chi connectivity index (χ2n) is 22.2. The van der Waals surface area contributed by atoms with E-state index in [0.717, 1.165) is 57.8 Å². The summed E-state index contributed by atoms with van der Waals surface area (Å²) in [7, 11) is 0. The monoisotopic (exact) mass is 1060 g/mol. The highest BCUT2D eigenvalue weighted by atomic mass is 16.7. The molecule has 0 bridgehead atoms. The number of amides is 1. The molecule has 7 atom stereocenters. The van der Waals surface area contributed by atoms with Gasteiger partial charge in [0.1, 0.15) is 24.4 Å². The molecule has 438 valence electrons. The van der Waals surface area contributed by atoms with Crippen molar-refractivity contribution in [1.29, 1.82) is 0 Å². The number of hydrogen-bond donors (Lipinski definition) is 6. The van der Waals surface area contributed by atoms with Crippen molar-refractivity contribution >= 4 is 5.91 Å². The number of ether oxygens (including phenoxy) is 2. The Morgan fingerprint density at radius 1 is 0.453 bits per heavy atom. The van der Waals surface area contributed by atoms with Crippen molar-refractivity contribution in [3.63, 3.8) is 0 Å². The van der Waals surface area contributed by atoms with E-state index in [-0.39, 0.29) is 12.5 Å². The molecule has 1 rings (SSSR count). The van der Waals surface area contributed by atoms with Crippen LogP contribution >= 0.6 is 0 Å². The molecule has 1 amide bonds. The van der Waals surface area contributed by atoms with Crippen molar-refractivity contribution < 1.29 is 39.8 Å². The standard InChI is InChI=1S/C66H121NO8/c1-3-5-7-9-11-13-15-17-19-21-22-23-24-25-26-27-28-29-30-31-32-33-34-35-36-37-38-40-42-44-46-48-50-52-54-56-62(70)67-59(58-74-66-65(73)64(72)63(71)61(57-68)75-66)60(69)55-53-51-49-47-45-43-41-39-20-18-16-14-12-10-8-6-4-2/h20,24-25,27-28,39,45,47,53,55,59-61,63-66,68-69,71-73H,3-19,21-23,26,29-38,40-44,46,48-52,54,56-58H2,1-2H3,(H,67,70)/b25-24-,28-27-,39-20+,47-45+,55-53+. The molecule has 9 heteroatoms. The molecule has 1 heterocycles. The maximum absolute atomic E-state index is 13.1. The SMILES string of the molecule is CCCCCCCCC/C=C/CC/C=C/CC/C=C/C(O)C(COC1OC(CO)C(O)C(O)C1O)NC(=O)CCCCCCCCCCCCCCCCCCC/C=C\C/C=C\CCCCCCCCCCCCC. The van der Waals surface area contributed by atoms with Gasteiger partial charge in [-0.1, -0.05) is 274 Å². The molecular formula is C66H121NO8. The molecule has 1 saturated heterocycles. The zero-order valence-electron chi connectivity index (χ0n) is 48.8. The first-order valence-electron chi connectivity index (χ1n) is 32.0. The zero-order chi connectivity index (χ0) is 54.3. The Balaban J connectivity index is 2.13. The minimum absolute atomic E-state index is 0.189. The van der Waals surface area contributed by atoms with Gasteiger partial charge in [-0.25, -0.2) is 0 Å². The fourth-order valence-corrected chi connectivity index (χ4v) is 9.99. The van der Waals surface area contributed by atoms with E-state index in [2.05, 4.69) is 67.8 Å². The predicted molar refractivity (Wildman–Crippen MR) is 318 cm³/mol. The summed E-state index contributed by atoms with van der Waals surface area (Å²) in [5, 5.41) is 54.5. The Kier molecular flexibility index (Phi) is 52.2. The highest BCUT2D eigenvalue weighted by molar-refractivity contribution is 5.76. The third-order valence-electron chi connectivity index (χ3n) is 15.0. The van der Waals surface area contributed by atoms with E-state index < -0.39 is 49.5 Å². The molecule has 6 N–H and O–H groups in total. The fourth-order valence-electron chi connectivity index (χ4n) is 9.99. The average Bonchev–Trinajstić information content (AvgIpc) is 3.41. The lowest BCUT2D eigenvalue weighted by Gasteiger charge is -2.40. The first-order chi connectivity index (χ1) is 36.8. The van der Waals surface area contributed by atoms with Crippen LogP contribution in [0.3, 0.4) is 0 Å². The normalized spacial score (nSPS) is 19.3. The topological polar surface area (TPSA) is 149 Å². The molecule has 1 aliphatic heterocycles. The van der Waals surface area contributed by atoms with Crippen LogP contribution in [0, 0.1) is 0 Å². The van der Waals surface area contributed by atoms with E-state index in [9.17, 15) is 30.3 Å². The largest absolute Gasteiger partial charge is 0.394 e. The van der Waals surface area contributed by atoms with E-state index >= 15 is 0 Å². The second kappa shape index (κ2) is 55.2. The number of unbranched alkanes of at least 4 members (excludes halogenated alkanes) is 37. The molecule has 0 aromatic heterocycles. The first-order valence-corrected chi connectivity index (χ1v) is 32.0.